The normalized spacial score (nSPS) is 18.5. The summed E-state index contributed by atoms with van der Waals surface area (Å²) in [4.78, 5) is 5.99. The highest BCUT2D eigenvalue weighted by Gasteiger charge is 2.30. The first-order chi connectivity index (χ1) is 10.3. The van der Waals surface area contributed by atoms with Crippen LogP contribution in [0.2, 0.25) is 0 Å². The number of rotatable bonds is 5. The van der Waals surface area contributed by atoms with Crippen molar-refractivity contribution in [2.75, 3.05) is 12.8 Å². The van der Waals surface area contributed by atoms with Crippen LogP contribution in [0.3, 0.4) is 0 Å². The zero-order valence-electron chi connectivity index (χ0n) is 12.7. The van der Waals surface area contributed by atoms with Crippen molar-refractivity contribution in [3.8, 4) is 0 Å². The Morgan fingerprint density at radius 1 is 1.29 bits per heavy atom. The molecule has 1 aliphatic rings. The number of nitrogens with zero attached hydrogens (tertiary/aromatic N) is 1. The number of fused-ring (bicyclic) bond motifs is 1. The van der Waals surface area contributed by atoms with E-state index >= 15 is 0 Å². The van der Waals surface area contributed by atoms with E-state index in [-0.39, 0.29) is 0 Å². The first-order valence-electron chi connectivity index (χ1n) is 7.67. The molecular formula is C18H22N2S. The molecule has 0 saturated carbocycles. The van der Waals surface area contributed by atoms with Crippen molar-refractivity contribution >= 4 is 11.8 Å². The lowest BCUT2D eigenvalue weighted by Crippen LogP contribution is -2.23. The molecule has 1 aromatic heterocycles. The Morgan fingerprint density at radius 2 is 2.10 bits per heavy atom. The smallest absolute Gasteiger partial charge is 0.0485 e. The Bertz CT molecular complexity index is 594. The highest BCUT2D eigenvalue weighted by molar-refractivity contribution is 7.99. The topological polar surface area (TPSA) is 24.9 Å². The number of hydrogen-bond donors (Lipinski definition) is 1. The minimum absolute atomic E-state index is 0.349. The summed E-state index contributed by atoms with van der Waals surface area (Å²) in [6.07, 6.45) is 4.25. The van der Waals surface area contributed by atoms with Gasteiger partial charge >= 0.3 is 0 Å². The van der Waals surface area contributed by atoms with Gasteiger partial charge in [-0.2, -0.15) is 0 Å². The highest BCUT2D eigenvalue weighted by Crippen LogP contribution is 2.40. The van der Waals surface area contributed by atoms with E-state index in [1.54, 1.807) is 0 Å². The SMILES string of the molecule is CCSc1ccc(C(NC)C2CCc3cccnc32)cc1. The van der Waals surface area contributed by atoms with E-state index in [0.29, 0.717) is 12.0 Å². The van der Waals surface area contributed by atoms with Crippen molar-refractivity contribution in [3.05, 3.63) is 59.4 Å². The number of aryl methyl sites for hydroxylation is 1. The third kappa shape index (κ3) is 2.99. The molecule has 3 rings (SSSR count). The maximum atomic E-state index is 4.64. The van der Waals surface area contributed by atoms with Crippen LogP contribution >= 0.6 is 11.8 Å². The lowest BCUT2D eigenvalue weighted by atomic mass is 9.91. The van der Waals surface area contributed by atoms with E-state index in [1.807, 2.05) is 24.0 Å². The van der Waals surface area contributed by atoms with Crippen LogP contribution < -0.4 is 5.32 Å². The third-order valence-corrected chi connectivity index (χ3v) is 5.16. The van der Waals surface area contributed by atoms with E-state index in [1.165, 1.54) is 28.1 Å². The van der Waals surface area contributed by atoms with Gasteiger partial charge in [-0.05, 0) is 55.0 Å². The molecule has 0 spiro atoms. The zero-order valence-corrected chi connectivity index (χ0v) is 13.5. The lowest BCUT2D eigenvalue weighted by molar-refractivity contribution is 0.470. The molecule has 2 unspecified atom stereocenters. The summed E-state index contributed by atoms with van der Waals surface area (Å²) in [6.45, 7) is 2.19. The third-order valence-electron chi connectivity index (χ3n) is 4.27. The minimum atomic E-state index is 0.349. The van der Waals surface area contributed by atoms with Gasteiger partial charge in [-0.1, -0.05) is 25.1 Å². The van der Waals surface area contributed by atoms with E-state index in [9.17, 15) is 0 Å². The molecule has 1 aromatic carbocycles. The Balaban J connectivity index is 1.85. The molecule has 1 heterocycles. The molecule has 0 aliphatic heterocycles. The number of benzene rings is 1. The molecule has 1 aliphatic carbocycles. The van der Waals surface area contributed by atoms with Crippen molar-refractivity contribution < 1.29 is 0 Å². The van der Waals surface area contributed by atoms with Crippen LogP contribution in [0, 0.1) is 0 Å². The molecule has 3 heteroatoms. The van der Waals surface area contributed by atoms with Gasteiger partial charge in [0.1, 0.15) is 0 Å². The second kappa shape index (κ2) is 6.63. The molecule has 21 heavy (non-hydrogen) atoms. The van der Waals surface area contributed by atoms with E-state index < -0.39 is 0 Å². The number of nitrogens with one attached hydrogen (secondary N) is 1. The number of pyridine rings is 1. The van der Waals surface area contributed by atoms with E-state index in [0.717, 1.165) is 12.2 Å². The fourth-order valence-electron chi connectivity index (χ4n) is 3.31. The van der Waals surface area contributed by atoms with Crippen LogP contribution in [0.4, 0.5) is 0 Å². The molecule has 0 amide bonds. The molecule has 0 saturated heterocycles. The van der Waals surface area contributed by atoms with Crippen LogP contribution in [0.15, 0.2) is 47.5 Å². The van der Waals surface area contributed by atoms with Crippen molar-refractivity contribution in [3.63, 3.8) is 0 Å². The van der Waals surface area contributed by atoms with Crippen molar-refractivity contribution in [2.45, 2.75) is 36.6 Å². The zero-order chi connectivity index (χ0) is 14.7. The summed E-state index contributed by atoms with van der Waals surface area (Å²) in [7, 11) is 2.06. The Morgan fingerprint density at radius 3 is 2.81 bits per heavy atom. The fourth-order valence-corrected chi connectivity index (χ4v) is 3.97. The Hall–Kier alpha value is -1.32. The molecule has 2 nitrogen and oxygen atoms in total. The number of aromatic nitrogens is 1. The molecule has 110 valence electrons. The maximum Gasteiger partial charge on any atom is 0.0485 e. The summed E-state index contributed by atoms with van der Waals surface area (Å²) in [5.41, 5.74) is 4.06. The predicted octanol–water partition coefficient (Wildman–Crippen LogP) is 4.18. The second-order valence-corrected chi connectivity index (χ2v) is 6.80. The number of thioether (sulfide) groups is 1. The van der Waals surface area contributed by atoms with Gasteiger partial charge in [0.05, 0.1) is 0 Å². The summed E-state index contributed by atoms with van der Waals surface area (Å²) >= 11 is 1.89. The summed E-state index contributed by atoms with van der Waals surface area (Å²) in [6, 6.07) is 13.6. The first kappa shape index (κ1) is 14.6. The van der Waals surface area contributed by atoms with Crippen molar-refractivity contribution in [1.82, 2.24) is 10.3 Å². The largest absolute Gasteiger partial charge is 0.312 e. The molecule has 0 bridgehead atoms. The standard InChI is InChI=1S/C18H22N2S/c1-3-21-15-9-6-14(7-10-15)17(19-2)16-11-8-13-5-4-12-20-18(13)16/h4-7,9-10,12,16-17,19H,3,8,11H2,1-2H3. The van der Waals surface area contributed by atoms with Gasteiger partial charge in [0.15, 0.2) is 0 Å². The predicted molar refractivity (Wildman–Crippen MR) is 89.9 cm³/mol. The maximum absolute atomic E-state index is 4.64. The molecule has 2 atom stereocenters. The van der Waals surface area contributed by atoms with Crippen molar-refractivity contribution in [2.24, 2.45) is 0 Å². The van der Waals surface area contributed by atoms with E-state index in [4.69, 9.17) is 0 Å². The van der Waals surface area contributed by atoms with Crippen LogP contribution in [0.1, 0.15) is 42.1 Å². The summed E-state index contributed by atoms with van der Waals surface area (Å²) < 4.78 is 0. The number of hydrogen-bond acceptors (Lipinski definition) is 3. The second-order valence-electron chi connectivity index (χ2n) is 5.46. The van der Waals surface area contributed by atoms with Gasteiger partial charge in [-0.15, -0.1) is 11.8 Å². The lowest BCUT2D eigenvalue weighted by Gasteiger charge is -2.24. The van der Waals surface area contributed by atoms with Gasteiger partial charge in [0.2, 0.25) is 0 Å². The van der Waals surface area contributed by atoms with E-state index in [2.05, 4.69) is 54.6 Å². The van der Waals surface area contributed by atoms with Gasteiger partial charge in [-0.3, -0.25) is 4.98 Å². The molecule has 0 fully saturated rings. The molecular weight excluding hydrogens is 276 g/mol. The Labute approximate surface area is 131 Å². The number of likely N-dealkylation sites (N-methyl/N-ethyl adjacent to an activating group) is 1. The monoisotopic (exact) mass is 298 g/mol. The molecule has 2 aromatic rings. The molecule has 1 N–H and O–H groups in total. The van der Waals surface area contributed by atoms with Crippen LogP contribution in [-0.4, -0.2) is 17.8 Å². The summed E-state index contributed by atoms with van der Waals surface area (Å²) in [5, 5.41) is 3.51. The average molecular weight is 298 g/mol. The molecule has 0 radical (unpaired) electrons. The van der Waals surface area contributed by atoms with Gasteiger partial charge in [-0.25, -0.2) is 0 Å². The van der Waals surface area contributed by atoms with Crippen LogP contribution in [-0.2, 0) is 6.42 Å². The van der Waals surface area contributed by atoms with Crippen molar-refractivity contribution in [1.29, 1.82) is 0 Å². The first-order valence-corrected chi connectivity index (χ1v) is 8.66. The van der Waals surface area contributed by atoms with Crippen LogP contribution in [0.5, 0.6) is 0 Å². The van der Waals surface area contributed by atoms with Gasteiger partial charge in [0, 0.05) is 28.7 Å². The summed E-state index contributed by atoms with van der Waals surface area (Å²) in [5.74, 6) is 1.60. The van der Waals surface area contributed by atoms with Crippen LogP contribution in [0.25, 0.3) is 0 Å². The fraction of sp³-hybridized carbons (Fsp3) is 0.389. The quantitative estimate of drug-likeness (QED) is 0.838. The van der Waals surface area contributed by atoms with Gasteiger partial charge in [0.25, 0.3) is 0 Å². The average Bonchev–Trinajstić information content (AvgIpc) is 2.94. The minimum Gasteiger partial charge on any atom is -0.312 e. The van der Waals surface area contributed by atoms with Gasteiger partial charge < -0.3 is 5.32 Å². The highest BCUT2D eigenvalue weighted by atomic mass is 32.2. The Kier molecular flexibility index (Phi) is 4.61.